The van der Waals surface area contributed by atoms with Gasteiger partial charge in [0.15, 0.2) is 0 Å². The van der Waals surface area contributed by atoms with E-state index in [4.69, 9.17) is 17.0 Å². The molecular weight excluding hydrogens is 487 g/mol. The summed E-state index contributed by atoms with van der Waals surface area (Å²) < 4.78 is 21.0. The minimum atomic E-state index is -0.382. The normalized spacial score (nSPS) is 21.7. The quantitative estimate of drug-likeness (QED) is 0.456. The lowest BCUT2D eigenvalue weighted by molar-refractivity contribution is -0.122. The van der Waals surface area contributed by atoms with Crippen LogP contribution in [0, 0.1) is 24.1 Å². The van der Waals surface area contributed by atoms with Crippen molar-refractivity contribution in [3.05, 3.63) is 67.6 Å². The Labute approximate surface area is 212 Å². The molecule has 1 aromatic heterocycles. The fourth-order valence-electron chi connectivity index (χ4n) is 4.48. The Balaban J connectivity index is 1.78. The van der Waals surface area contributed by atoms with Crippen LogP contribution in [0.1, 0.15) is 36.1 Å². The van der Waals surface area contributed by atoms with Crippen LogP contribution in [0.3, 0.4) is 0 Å². The van der Waals surface area contributed by atoms with E-state index < -0.39 is 0 Å². The van der Waals surface area contributed by atoms with E-state index in [0.717, 1.165) is 5.56 Å². The van der Waals surface area contributed by atoms with Crippen LogP contribution in [0.4, 0.5) is 10.2 Å². The average Bonchev–Trinajstić information content (AvgIpc) is 3.06. The van der Waals surface area contributed by atoms with E-state index in [1.165, 1.54) is 33.4 Å². The predicted octanol–water partition coefficient (Wildman–Crippen LogP) is 3.72. The van der Waals surface area contributed by atoms with Crippen molar-refractivity contribution in [1.82, 2.24) is 9.47 Å². The molecule has 2 aliphatic heterocycles. The summed E-state index contributed by atoms with van der Waals surface area (Å²) in [5.41, 5.74) is 1.56. The van der Waals surface area contributed by atoms with Crippen LogP contribution in [-0.4, -0.2) is 45.0 Å². The van der Waals surface area contributed by atoms with Gasteiger partial charge in [0.25, 0.3) is 11.5 Å². The molecular formula is C25H25FN4O3S2. The first-order valence-corrected chi connectivity index (χ1v) is 12.4. The van der Waals surface area contributed by atoms with Gasteiger partial charge in [-0.1, -0.05) is 36.1 Å². The van der Waals surface area contributed by atoms with Crippen molar-refractivity contribution in [2.45, 2.75) is 39.5 Å². The largest absolute Gasteiger partial charge is 0.372 e. The second kappa shape index (κ2) is 9.93. The molecule has 1 aromatic carbocycles. The molecule has 0 spiro atoms. The second-order valence-electron chi connectivity index (χ2n) is 8.77. The Bertz CT molecular complexity index is 1320. The van der Waals surface area contributed by atoms with Crippen LogP contribution >= 0.6 is 24.0 Å². The average molecular weight is 513 g/mol. The minimum absolute atomic E-state index is 0.0404. The smallest absolute Gasteiger partial charge is 0.270 e. The van der Waals surface area contributed by atoms with Gasteiger partial charge in [0, 0.05) is 25.7 Å². The highest BCUT2D eigenvalue weighted by atomic mass is 32.2. The standard InChI is InChI=1S/C25H25FN4O3S2/c1-14-11-29(12-15(2)33-14)22-19(16(3)20(10-27)23(31)28(22)4)9-21-24(32)30(25(34)35-21)13-17-5-7-18(26)8-6-17/h5-9,14-15H,11-13H2,1-4H3/b21-9-/t14-,15+. The van der Waals surface area contributed by atoms with Gasteiger partial charge in [0.1, 0.15) is 27.6 Å². The van der Waals surface area contributed by atoms with Crippen LogP contribution in [0.2, 0.25) is 0 Å². The van der Waals surface area contributed by atoms with E-state index >= 15 is 0 Å². The number of thiocarbonyl (C=S) groups is 1. The number of hydrogen-bond acceptors (Lipinski definition) is 7. The Kier molecular flexibility index (Phi) is 7.12. The maximum absolute atomic E-state index is 13.3. The summed E-state index contributed by atoms with van der Waals surface area (Å²) in [4.78, 5) is 30.2. The van der Waals surface area contributed by atoms with Gasteiger partial charge in [-0.3, -0.25) is 19.1 Å². The Morgan fingerprint density at radius 1 is 1.23 bits per heavy atom. The summed E-state index contributed by atoms with van der Waals surface area (Å²) in [6, 6.07) is 7.94. The van der Waals surface area contributed by atoms with E-state index in [2.05, 4.69) is 4.90 Å². The molecule has 10 heteroatoms. The summed E-state index contributed by atoms with van der Waals surface area (Å²) in [5, 5.41) is 9.67. The molecule has 0 N–H and O–H groups in total. The fraction of sp³-hybridized carbons (Fsp3) is 0.360. The van der Waals surface area contributed by atoms with Gasteiger partial charge in [0.2, 0.25) is 0 Å². The van der Waals surface area contributed by atoms with E-state index in [-0.39, 0.29) is 41.6 Å². The third-order valence-electron chi connectivity index (χ3n) is 6.09. The zero-order chi connectivity index (χ0) is 25.4. The van der Waals surface area contributed by atoms with Gasteiger partial charge in [0.05, 0.1) is 23.7 Å². The number of hydrogen-bond donors (Lipinski definition) is 0. The summed E-state index contributed by atoms with van der Waals surface area (Å²) in [6.45, 7) is 7.02. The van der Waals surface area contributed by atoms with Crippen molar-refractivity contribution >= 4 is 46.1 Å². The zero-order valence-corrected chi connectivity index (χ0v) is 21.5. The molecule has 0 saturated carbocycles. The van der Waals surface area contributed by atoms with Crippen LogP contribution in [0.25, 0.3) is 6.08 Å². The van der Waals surface area contributed by atoms with Crippen LogP contribution in [-0.2, 0) is 23.1 Å². The number of amides is 1. The number of thioether (sulfide) groups is 1. The van der Waals surface area contributed by atoms with Gasteiger partial charge >= 0.3 is 0 Å². The maximum Gasteiger partial charge on any atom is 0.270 e. The number of anilines is 1. The van der Waals surface area contributed by atoms with Crippen molar-refractivity contribution in [2.75, 3.05) is 18.0 Å². The maximum atomic E-state index is 13.3. The molecule has 0 bridgehead atoms. The SMILES string of the molecule is Cc1c(/C=C2\SC(=S)N(Cc3ccc(F)cc3)C2=O)c(N2C[C@@H](C)O[C@@H](C)C2)n(C)c(=O)c1C#N. The van der Waals surface area contributed by atoms with Crippen LogP contribution in [0.15, 0.2) is 34.0 Å². The third kappa shape index (κ3) is 4.89. The summed E-state index contributed by atoms with van der Waals surface area (Å²) in [7, 11) is 1.64. The number of carbonyl (C=O) groups excluding carboxylic acids is 1. The number of benzene rings is 1. The molecule has 0 radical (unpaired) electrons. The van der Waals surface area contributed by atoms with Crippen molar-refractivity contribution < 1.29 is 13.9 Å². The first-order valence-electron chi connectivity index (χ1n) is 11.1. The van der Waals surface area contributed by atoms with Gasteiger partial charge < -0.3 is 9.64 Å². The second-order valence-corrected chi connectivity index (χ2v) is 10.4. The Hall–Kier alpha value is -3.00. The molecule has 1 amide bonds. The first-order chi connectivity index (χ1) is 16.6. The van der Waals surface area contributed by atoms with Crippen molar-refractivity contribution in [1.29, 1.82) is 5.26 Å². The molecule has 2 aromatic rings. The Morgan fingerprint density at radius 2 is 1.86 bits per heavy atom. The van der Waals surface area contributed by atoms with Crippen molar-refractivity contribution in [2.24, 2.45) is 7.05 Å². The number of aromatic nitrogens is 1. The van der Waals surface area contributed by atoms with Gasteiger partial charge in [-0.25, -0.2) is 4.39 Å². The van der Waals surface area contributed by atoms with Gasteiger partial charge in [-0.05, 0) is 50.1 Å². The highest BCUT2D eigenvalue weighted by Crippen LogP contribution is 2.37. The molecule has 2 fully saturated rings. The van der Waals surface area contributed by atoms with Crippen molar-refractivity contribution in [3.8, 4) is 6.07 Å². The van der Waals surface area contributed by atoms with E-state index in [0.29, 0.717) is 39.3 Å². The Morgan fingerprint density at radius 3 is 2.46 bits per heavy atom. The zero-order valence-electron chi connectivity index (χ0n) is 19.9. The number of halogens is 1. The number of nitriles is 1. The lowest BCUT2D eigenvalue weighted by Crippen LogP contribution is -2.47. The number of carbonyl (C=O) groups is 1. The summed E-state index contributed by atoms with van der Waals surface area (Å²) >= 11 is 6.64. The summed E-state index contributed by atoms with van der Waals surface area (Å²) in [5.74, 6) is 0.0137. The minimum Gasteiger partial charge on any atom is -0.372 e. The van der Waals surface area contributed by atoms with Gasteiger partial charge in [-0.2, -0.15) is 5.26 Å². The molecule has 2 saturated heterocycles. The number of ether oxygens (including phenoxy) is 1. The van der Waals surface area contributed by atoms with Gasteiger partial charge in [-0.15, -0.1) is 0 Å². The molecule has 3 heterocycles. The van der Waals surface area contributed by atoms with Crippen LogP contribution < -0.4 is 10.5 Å². The lowest BCUT2D eigenvalue weighted by Gasteiger charge is -2.38. The molecule has 182 valence electrons. The fourth-order valence-corrected chi connectivity index (χ4v) is 5.72. The molecule has 2 atom stereocenters. The number of rotatable bonds is 4. The number of pyridine rings is 1. The summed E-state index contributed by atoms with van der Waals surface area (Å²) in [6.07, 6.45) is 1.62. The van der Waals surface area contributed by atoms with Crippen molar-refractivity contribution in [3.63, 3.8) is 0 Å². The highest BCUT2D eigenvalue weighted by molar-refractivity contribution is 8.26. The topological polar surface area (TPSA) is 78.6 Å². The monoisotopic (exact) mass is 512 g/mol. The molecule has 35 heavy (non-hydrogen) atoms. The number of morpholine rings is 1. The number of nitrogens with zero attached hydrogens (tertiary/aromatic N) is 4. The molecule has 2 aliphatic rings. The van der Waals surface area contributed by atoms with Crippen LogP contribution in [0.5, 0.6) is 0 Å². The highest BCUT2D eigenvalue weighted by Gasteiger charge is 2.34. The third-order valence-corrected chi connectivity index (χ3v) is 7.47. The molecule has 4 rings (SSSR count). The first kappa shape index (κ1) is 25.1. The van der Waals surface area contributed by atoms with E-state index in [1.807, 2.05) is 19.9 Å². The van der Waals surface area contributed by atoms with E-state index in [1.54, 1.807) is 32.2 Å². The van der Waals surface area contributed by atoms with E-state index in [9.17, 15) is 19.2 Å². The molecule has 0 aliphatic carbocycles. The molecule has 0 unspecified atom stereocenters. The molecule has 7 nitrogen and oxygen atoms in total. The lowest BCUT2D eigenvalue weighted by atomic mass is 10.0. The predicted molar refractivity (Wildman–Crippen MR) is 138 cm³/mol.